The molecule has 18 heavy (non-hydrogen) atoms. The minimum Gasteiger partial charge on any atom is -0.444 e. The zero-order valence-corrected chi connectivity index (χ0v) is 14.0. The van der Waals surface area contributed by atoms with Crippen LogP contribution in [0.5, 0.6) is 0 Å². The lowest BCUT2D eigenvalue weighted by atomic mass is 10.2. The highest BCUT2D eigenvalue weighted by Gasteiger charge is 2.14. The number of aryl methyl sites for hydroxylation is 1. The first kappa shape index (κ1) is 13.8. The standard InChI is InChI=1S/C12H8Br3NO2/c1-6-4-7(13)11(8(14)5-6)16-12(17)9-2-3-10(15)18-9/h2-5H,1H3,(H,16,17). The van der Waals surface area contributed by atoms with Gasteiger partial charge in [-0.1, -0.05) is 0 Å². The smallest absolute Gasteiger partial charge is 0.291 e. The third-order valence-electron chi connectivity index (χ3n) is 2.22. The van der Waals surface area contributed by atoms with E-state index in [1.54, 1.807) is 12.1 Å². The topological polar surface area (TPSA) is 42.2 Å². The van der Waals surface area contributed by atoms with E-state index in [1.807, 2.05) is 19.1 Å². The number of rotatable bonds is 2. The Balaban J connectivity index is 2.27. The molecule has 0 bridgehead atoms. The Labute approximate surface area is 129 Å². The van der Waals surface area contributed by atoms with E-state index >= 15 is 0 Å². The molecule has 0 atom stereocenters. The van der Waals surface area contributed by atoms with E-state index in [2.05, 4.69) is 53.1 Å². The summed E-state index contributed by atoms with van der Waals surface area (Å²) in [6, 6.07) is 7.14. The molecule has 0 saturated carbocycles. The van der Waals surface area contributed by atoms with E-state index in [1.165, 1.54) is 0 Å². The van der Waals surface area contributed by atoms with Gasteiger partial charge in [-0.05, 0) is 84.5 Å². The number of carbonyl (C=O) groups excluding carboxylic acids is 1. The molecule has 1 amide bonds. The van der Waals surface area contributed by atoms with Crippen LogP contribution in [0, 0.1) is 6.92 Å². The van der Waals surface area contributed by atoms with Crippen LogP contribution in [0.15, 0.2) is 42.3 Å². The minimum absolute atomic E-state index is 0.251. The van der Waals surface area contributed by atoms with E-state index in [0.29, 0.717) is 10.4 Å². The van der Waals surface area contributed by atoms with E-state index in [-0.39, 0.29) is 11.7 Å². The first-order valence-electron chi connectivity index (χ1n) is 4.99. The normalized spacial score (nSPS) is 10.4. The van der Waals surface area contributed by atoms with Crippen molar-refractivity contribution in [3.8, 4) is 0 Å². The Morgan fingerprint density at radius 1 is 1.17 bits per heavy atom. The Bertz CT molecular complexity index is 584. The maximum absolute atomic E-state index is 11.9. The summed E-state index contributed by atoms with van der Waals surface area (Å²) >= 11 is 10.00. The summed E-state index contributed by atoms with van der Waals surface area (Å²) in [5.74, 6) is -0.0489. The molecular weight excluding hydrogens is 430 g/mol. The Morgan fingerprint density at radius 3 is 2.28 bits per heavy atom. The molecule has 1 aromatic carbocycles. The number of nitrogens with one attached hydrogen (secondary N) is 1. The van der Waals surface area contributed by atoms with Crippen molar-refractivity contribution in [2.24, 2.45) is 0 Å². The first-order chi connectivity index (χ1) is 8.47. The highest BCUT2D eigenvalue weighted by atomic mass is 79.9. The van der Waals surface area contributed by atoms with Gasteiger partial charge in [0.25, 0.3) is 5.91 Å². The Morgan fingerprint density at radius 2 is 1.78 bits per heavy atom. The number of hydrogen-bond donors (Lipinski definition) is 1. The van der Waals surface area contributed by atoms with Crippen molar-refractivity contribution < 1.29 is 9.21 Å². The first-order valence-corrected chi connectivity index (χ1v) is 7.37. The molecule has 1 aromatic heterocycles. The van der Waals surface area contributed by atoms with Crippen molar-refractivity contribution in [3.63, 3.8) is 0 Å². The zero-order valence-electron chi connectivity index (χ0n) is 9.26. The average molecular weight is 438 g/mol. The van der Waals surface area contributed by atoms with E-state index in [9.17, 15) is 4.79 Å². The fourth-order valence-corrected chi connectivity index (χ4v) is 3.35. The third-order valence-corrected chi connectivity index (χ3v) is 3.90. The van der Waals surface area contributed by atoms with Crippen LogP contribution in [0.2, 0.25) is 0 Å². The van der Waals surface area contributed by atoms with Crippen LogP contribution in [-0.4, -0.2) is 5.91 Å². The summed E-state index contributed by atoms with van der Waals surface area (Å²) < 4.78 is 7.34. The van der Waals surface area contributed by atoms with Crippen molar-refractivity contribution in [1.82, 2.24) is 0 Å². The summed E-state index contributed by atoms with van der Waals surface area (Å²) in [6.07, 6.45) is 0. The van der Waals surface area contributed by atoms with Crippen LogP contribution in [0.25, 0.3) is 0 Å². The van der Waals surface area contributed by atoms with Gasteiger partial charge in [0.1, 0.15) is 0 Å². The molecule has 1 N–H and O–H groups in total. The zero-order chi connectivity index (χ0) is 13.3. The van der Waals surface area contributed by atoms with Crippen LogP contribution < -0.4 is 5.32 Å². The molecular formula is C12H8Br3NO2. The average Bonchev–Trinajstić information content (AvgIpc) is 2.70. The summed E-state index contributed by atoms with van der Waals surface area (Å²) in [7, 11) is 0. The molecule has 0 spiro atoms. The number of amides is 1. The van der Waals surface area contributed by atoms with Crippen LogP contribution in [0.1, 0.15) is 16.1 Å². The SMILES string of the molecule is Cc1cc(Br)c(NC(=O)c2ccc(Br)o2)c(Br)c1. The number of furan rings is 1. The van der Waals surface area contributed by atoms with Gasteiger partial charge in [-0.25, -0.2) is 0 Å². The van der Waals surface area contributed by atoms with Crippen LogP contribution >= 0.6 is 47.8 Å². The quantitative estimate of drug-likeness (QED) is 0.707. The Kier molecular flexibility index (Phi) is 4.29. The van der Waals surface area contributed by atoms with Gasteiger partial charge in [0.05, 0.1) is 5.69 Å². The molecule has 94 valence electrons. The minimum atomic E-state index is -0.300. The lowest BCUT2D eigenvalue weighted by Crippen LogP contribution is -2.11. The largest absolute Gasteiger partial charge is 0.444 e. The molecule has 0 aliphatic carbocycles. The number of anilines is 1. The molecule has 0 saturated heterocycles. The van der Waals surface area contributed by atoms with Crippen LogP contribution in [0.3, 0.4) is 0 Å². The second-order valence-corrected chi connectivity index (χ2v) is 6.15. The maximum Gasteiger partial charge on any atom is 0.291 e. The van der Waals surface area contributed by atoms with Gasteiger partial charge in [-0.3, -0.25) is 4.79 Å². The number of hydrogen-bond acceptors (Lipinski definition) is 2. The Hall–Kier alpha value is -0.590. The number of carbonyl (C=O) groups is 1. The van der Waals surface area contributed by atoms with E-state index in [4.69, 9.17) is 4.42 Å². The molecule has 1 heterocycles. The lowest BCUT2D eigenvalue weighted by molar-refractivity contribution is 0.0995. The molecule has 6 heteroatoms. The monoisotopic (exact) mass is 435 g/mol. The van der Waals surface area contributed by atoms with Crippen LogP contribution in [-0.2, 0) is 0 Å². The number of benzene rings is 1. The van der Waals surface area contributed by atoms with Gasteiger partial charge in [0.2, 0.25) is 0 Å². The molecule has 0 radical (unpaired) electrons. The van der Waals surface area contributed by atoms with Gasteiger partial charge < -0.3 is 9.73 Å². The predicted octanol–water partition coefficient (Wildman–Crippen LogP) is 5.13. The molecule has 0 unspecified atom stereocenters. The maximum atomic E-state index is 11.9. The van der Waals surface area contributed by atoms with E-state index in [0.717, 1.165) is 14.5 Å². The number of halogens is 3. The highest BCUT2D eigenvalue weighted by Crippen LogP contribution is 2.32. The predicted molar refractivity (Wildman–Crippen MR) is 80.9 cm³/mol. The molecule has 0 fully saturated rings. The van der Waals surface area contributed by atoms with Gasteiger partial charge in [-0.2, -0.15) is 0 Å². The van der Waals surface area contributed by atoms with Gasteiger partial charge >= 0.3 is 0 Å². The molecule has 2 aromatic rings. The van der Waals surface area contributed by atoms with Crippen molar-refractivity contribution in [2.75, 3.05) is 5.32 Å². The van der Waals surface area contributed by atoms with Crippen molar-refractivity contribution in [3.05, 3.63) is 49.2 Å². The molecule has 0 aliphatic rings. The van der Waals surface area contributed by atoms with E-state index < -0.39 is 0 Å². The fraction of sp³-hybridized carbons (Fsp3) is 0.0833. The summed E-state index contributed by atoms with van der Waals surface area (Å²) in [5.41, 5.74) is 1.77. The third kappa shape index (κ3) is 3.05. The van der Waals surface area contributed by atoms with Gasteiger partial charge in [0, 0.05) is 8.95 Å². The lowest BCUT2D eigenvalue weighted by Gasteiger charge is -2.09. The van der Waals surface area contributed by atoms with Crippen molar-refractivity contribution >= 4 is 59.4 Å². The fourth-order valence-electron chi connectivity index (χ4n) is 1.43. The summed E-state index contributed by atoms with van der Waals surface area (Å²) in [6.45, 7) is 1.98. The summed E-state index contributed by atoms with van der Waals surface area (Å²) in [4.78, 5) is 11.9. The second kappa shape index (κ2) is 5.59. The second-order valence-electron chi connectivity index (χ2n) is 3.66. The van der Waals surface area contributed by atoms with Crippen molar-refractivity contribution in [1.29, 1.82) is 0 Å². The van der Waals surface area contributed by atoms with Crippen molar-refractivity contribution in [2.45, 2.75) is 6.92 Å². The highest BCUT2D eigenvalue weighted by molar-refractivity contribution is 9.11. The van der Waals surface area contributed by atoms with Gasteiger partial charge in [-0.15, -0.1) is 0 Å². The molecule has 0 aliphatic heterocycles. The van der Waals surface area contributed by atoms with Gasteiger partial charge in [0.15, 0.2) is 10.4 Å². The summed E-state index contributed by atoms with van der Waals surface area (Å²) in [5, 5.41) is 2.79. The molecule has 3 nitrogen and oxygen atoms in total. The molecule has 2 rings (SSSR count). The van der Waals surface area contributed by atoms with Crippen LogP contribution in [0.4, 0.5) is 5.69 Å².